The predicted molar refractivity (Wildman–Crippen MR) is 147 cm³/mol. The van der Waals surface area contributed by atoms with Crippen molar-refractivity contribution in [1.29, 1.82) is 0 Å². The fourth-order valence-corrected chi connectivity index (χ4v) is 4.23. The van der Waals surface area contributed by atoms with Gasteiger partial charge in [0.2, 0.25) is 5.88 Å². The van der Waals surface area contributed by atoms with E-state index in [4.69, 9.17) is 9.47 Å². The summed E-state index contributed by atoms with van der Waals surface area (Å²) in [5.41, 5.74) is 0.424. The van der Waals surface area contributed by atoms with Crippen molar-refractivity contribution in [1.82, 2.24) is 24.8 Å². The van der Waals surface area contributed by atoms with E-state index in [0.29, 0.717) is 44.0 Å². The molecule has 0 saturated carbocycles. The van der Waals surface area contributed by atoms with E-state index in [1.54, 1.807) is 6.20 Å². The first-order chi connectivity index (χ1) is 19.0. The summed E-state index contributed by atoms with van der Waals surface area (Å²) in [5, 5.41) is 0. The standard InChI is InChI=1S/C29H37F3N6O2/c1-21-19-33-27(36-25(21)40-20-22-10-6-5-7-11-22)39-17-9-8-12-37-13-15-38(16-14-37)24-18-23(29(30,31)32)34-26(35-24)28(2,3)4/h5-7,10-11,18-19H,8-9,12-17,20H2,1-4H3. The number of aromatic nitrogens is 4. The summed E-state index contributed by atoms with van der Waals surface area (Å²) in [6, 6.07) is 11.2. The topological polar surface area (TPSA) is 76.5 Å². The highest BCUT2D eigenvalue weighted by molar-refractivity contribution is 5.42. The molecular weight excluding hydrogens is 521 g/mol. The number of halogens is 3. The first-order valence-corrected chi connectivity index (χ1v) is 13.6. The Kier molecular flexibility index (Phi) is 9.44. The van der Waals surface area contributed by atoms with Gasteiger partial charge in [-0.3, -0.25) is 4.90 Å². The highest BCUT2D eigenvalue weighted by Gasteiger charge is 2.36. The Balaban J connectivity index is 1.21. The van der Waals surface area contributed by atoms with Gasteiger partial charge in [-0.25, -0.2) is 15.0 Å². The van der Waals surface area contributed by atoms with Gasteiger partial charge in [0, 0.05) is 49.4 Å². The second-order valence-electron chi connectivity index (χ2n) is 11.0. The van der Waals surface area contributed by atoms with Crippen LogP contribution in [0.2, 0.25) is 0 Å². The summed E-state index contributed by atoms with van der Waals surface area (Å²) in [7, 11) is 0. The van der Waals surface area contributed by atoms with E-state index in [1.165, 1.54) is 0 Å². The lowest BCUT2D eigenvalue weighted by atomic mass is 9.95. The summed E-state index contributed by atoms with van der Waals surface area (Å²) in [6.45, 7) is 11.8. The van der Waals surface area contributed by atoms with Crippen LogP contribution >= 0.6 is 0 Å². The molecule has 1 fully saturated rings. The number of piperazine rings is 1. The maximum Gasteiger partial charge on any atom is 0.433 e. The summed E-state index contributed by atoms with van der Waals surface area (Å²) < 4.78 is 52.0. The summed E-state index contributed by atoms with van der Waals surface area (Å²) in [6.07, 6.45) is -1.07. The molecule has 3 heterocycles. The van der Waals surface area contributed by atoms with Gasteiger partial charge in [0.1, 0.15) is 23.9 Å². The van der Waals surface area contributed by atoms with Gasteiger partial charge in [0.15, 0.2) is 0 Å². The molecule has 0 bridgehead atoms. The average Bonchev–Trinajstić information content (AvgIpc) is 2.92. The Morgan fingerprint density at radius 1 is 0.900 bits per heavy atom. The molecule has 0 atom stereocenters. The fraction of sp³-hybridized carbons (Fsp3) is 0.517. The number of hydrogen-bond acceptors (Lipinski definition) is 8. The van der Waals surface area contributed by atoms with Crippen molar-refractivity contribution in [2.45, 2.75) is 58.7 Å². The molecule has 0 unspecified atom stereocenters. The zero-order chi connectivity index (χ0) is 28.8. The number of aryl methyl sites for hydroxylation is 1. The van der Waals surface area contributed by atoms with Crippen LogP contribution in [-0.2, 0) is 18.2 Å². The van der Waals surface area contributed by atoms with Crippen molar-refractivity contribution in [2.75, 3.05) is 44.2 Å². The van der Waals surface area contributed by atoms with Crippen LogP contribution in [0.1, 0.15) is 56.3 Å². The third-order valence-corrected chi connectivity index (χ3v) is 6.59. The molecule has 4 rings (SSSR count). The van der Waals surface area contributed by atoms with Crippen LogP contribution in [0.25, 0.3) is 0 Å². The van der Waals surface area contributed by atoms with Crippen LogP contribution in [0, 0.1) is 6.92 Å². The number of nitrogens with zero attached hydrogens (tertiary/aromatic N) is 6. The van der Waals surface area contributed by atoms with E-state index >= 15 is 0 Å². The van der Waals surface area contributed by atoms with Gasteiger partial charge in [0.05, 0.1) is 6.61 Å². The van der Waals surface area contributed by atoms with Crippen molar-refractivity contribution >= 4 is 5.82 Å². The van der Waals surface area contributed by atoms with Crippen LogP contribution in [0.5, 0.6) is 11.9 Å². The summed E-state index contributed by atoms with van der Waals surface area (Å²) >= 11 is 0. The Labute approximate surface area is 233 Å². The molecule has 40 heavy (non-hydrogen) atoms. The first kappa shape index (κ1) is 29.5. The van der Waals surface area contributed by atoms with Crippen LogP contribution in [0.15, 0.2) is 42.6 Å². The molecule has 0 aliphatic carbocycles. The highest BCUT2D eigenvalue weighted by atomic mass is 19.4. The van der Waals surface area contributed by atoms with Crippen LogP contribution in [0.3, 0.4) is 0 Å². The zero-order valence-electron chi connectivity index (χ0n) is 23.5. The molecule has 8 nitrogen and oxygen atoms in total. The summed E-state index contributed by atoms with van der Waals surface area (Å²) in [4.78, 5) is 21.2. The van der Waals surface area contributed by atoms with Crippen molar-refractivity contribution in [3.05, 3.63) is 65.2 Å². The molecule has 1 aliphatic rings. The molecule has 0 N–H and O–H groups in total. The molecule has 0 spiro atoms. The molecule has 0 amide bonds. The fourth-order valence-electron chi connectivity index (χ4n) is 4.23. The van der Waals surface area contributed by atoms with E-state index in [-0.39, 0.29) is 5.82 Å². The monoisotopic (exact) mass is 558 g/mol. The number of anilines is 1. The molecule has 3 aromatic rings. The maximum absolute atomic E-state index is 13.5. The second kappa shape index (κ2) is 12.8. The molecular formula is C29H37F3N6O2. The van der Waals surface area contributed by atoms with Gasteiger partial charge in [-0.2, -0.15) is 18.2 Å². The Bertz CT molecular complexity index is 1210. The number of hydrogen-bond donors (Lipinski definition) is 0. The predicted octanol–water partition coefficient (Wildman–Crippen LogP) is 5.45. The van der Waals surface area contributed by atoms with Gasteiger partial charge in [-0.15, -0.1) is 0 Å². The SMILES string of the molecule is Cc1cnc(OCCCCN2CCN(c3cc(C(F)(F)F)nc(C(C)(C)C)n3)CC2)nc1OCc1ccccc1. The van der Waals surface area contributed by atoms with Gasteiger partial charge >= 0.3 is 12.2 Å². The van der Waals surface area contributed by atoms with Gasteiger partial charge < -0.3 is 14.4 Å². The van der Waals surface area contributed by atoms with Crippen molar-refractivity contribution in [3.8, 4) is 11.9 Å². The number of unbranched alkanes of at least 4 members (excludes halogenated alkanes) is 1. The Hall–Kier alpha value is -3.47. The van der Waals surface area contributed by atoms with Crippen molar-refractivity contribution in [2.24, 2.45) is 0 Å². The lowest BCUT2D eigenvalue weighted by Crippen LogP contribution is -2.47. The number of ether oxygens (including phenoxy) is 2. The molecule has 11 heteroatoms. The lowest BCUT2D eigenvalue weighted by Gasteiger charge is -2.36. The number of rotatable bonds is 10. The average molecular weight is 559 g/mol. The highest BCUT2D eigenvalue weighted by Crippen LogP contribution is 2.32. The molecule has 0 radical (unpaired) electrons. The van der Waals surface area contributed by atoms with E-state index in [1.807, 2.05) is 62.9 Å². The lowest BCUT2D eigenvalue weighted by molar-refractivity contribution is -0.141. The van der Waals surface area contributed by atoms with Crippen LogP contribution < -0.4 is 14.4 Å². The molecule has 1 aromatic carbocycles. The zero-order valence-corrected chi connectivity index (χ0v) is 23.5. The molecule has 216 valence electrons. The minimum Gasteiger partial charge on any atom is -0.472 e. The Morgan fingerprint density at radius 2 is 1.62 bits per heavy atom. The third kappa shape index (κ3) is 8.27. The maximum atomic E-state index is 13.5. The number of alkyl halides is 3. The van der Waals surface area contributed by atoms with Crippen molar-refractivity contribution < 1.29 is 22.6 Å². The van der Waals surface area contributed by atoms with Crippen molar-refractivity contribution in [3.63, 3.8) is 0 Å². The van der Waals surface area contributed by atoms with Gasteiger partial charge in [-0.1, -0.05) is 51.1 Å². The molecule has 2 aromatic heterocycles. The van der Waals surface area contributed by atoms with E-state index in [9.17, 15) is 13.2 Å². The minimum atomic E-state index is -4.51. The molecule has 1 aliphatic heterocycles. The minimum absolute atomic E-state index is 0.201. The quantitative estimate of drug-likeness (QED) is 0.304. The van der Waals surface area contributed by atoms with Gasteiger partial charge in [0.25, 0.3) is 0 Å². The van der Waals surface area contributed by atoms with E-state index in [0.717, 1.165) is 49.7 Å². The smallest absolute Gasteiger partial charge is 0.433 e. The first-order valence-electron chi connectivity index (χ1n) is 13.6. The molecule has 1 saturated heterocycles. The largest absolute Gasteiger partial charge is 0.472 e. The van der Waals surface area contributed by atoms with Crippen LogP contribution in [-0.4, -0.2) is 64.2 Å². The van der Waals surface area contributed by atoms with E-state index in [2.05, 4.69) is 24.8 Å². The summed E-state index contributed by atoms with van der Waals surface area (Å²) in [5.74, 6) is 1.05. The van der Waals surface area contributed by atoms with Gasteiger partial charge in [-0.05, 0) is 31.9 Å². The third-order valence-electron chi connectivity index (χ3n) is 6.59. The Morgan fingerprint density at radius 3 is 2.30 bits per heavy atom. The normalized spacial score (nSPS) is 14.8. The number of benzene rings is 1. The van der Waals surface area contributed by atoms with Crippen LogP contribution in [0.4, 0.5) is 19.0 Å². The van der Waals surface area contributed by atoms with E-state index < -0.39 is 17.3 Å². The second-order valence-corrected chi connectivity index (χ2v) is 11.0.